The van der Waals surface area contributed by atoms with Crippen LogP contribution in [0.2, 0.25) is 5.02 Å². The molecule has 0 atom stereocenters. The van der Waals surface area contributed by atoms with Crippen LogP contribution in [0.15, 0.2) is 35.5 Å². The molecule has 3 aliphatic rings. The zero-order chi connectivity index (χ0) is 20.1. The van der Waals surface area contributed by atoms with E-state index in [4.69, 9.17) is 16.6 Å². The summed E-state index contributed by atoms with van der Waals surface area (Å²) in [5, 5.41) is 0.760. The predicted octanol–water partition coefficient (Wildman–Crippen LogP) is 5.60. The van der Waals surface area contributed by atoms with E-state index in [-0.39, 0.29) is 5.92 Å². The molecule has 4 nitrogen and oxygen atoms in total. The number of aliphatic imine (C=N–C) groups is 1. The number of nitrogens with zero attached hydrogens (tertiary/aromatic N) is 3. The van der Waals surface area contributed by atoms with Crippen LogP contribution < -0.4 is 4.90 Å². The molecule has 0 unspecified atom stereocenters. The SMILES string of the molecule is O=C(C1CCN(C2=N/C=C/CCCCC2)CC1)N1CCCCc2cc(Cl)ccc21. The molecule has 0 bridgehead atoms. The summed E-state index contributed by atoms with van der Waals surface area (Å²) in [6.07, 6.45) is 15.1. The molecule has 3 aliphatic heterocycles. The first-order chi connectivity index (χ1) is 14.2. The molecule has 1 saturated heterocycles. The van der Waals surface area contributed by atoms with Crippen LogP contribution in [0.5, 0.6) is 0 Å². The molecule has 0 N–H and O–H groups in total. The van der Waals surface area contributed by atoms with E-state index >= 15 is 0 Å². The van der Waals surface area contributed by atoms with Crippen molar-refractivity contribution in [3.8, 4) is 0 Å². The molecule has 29 heavy (non-hydrogen) atoms. The third-order valence-electron chi connectivity index (χ3n) is 6.49. The molecule has 1 amide bonds. The van der Waals surface area contributed by atoms with Gasteiger partial charge < -0.3 is 9.80 Å². The zero-order valence-electron chi connectivity index (χ0n) is 17.3. The van der Waals surface area contributed by atoms with Crippen molar-refractivity contribution >= 4 is 29.0 Å². The van der Waals surface area contributed by atoms with Gasteiger partial charge in [0, 0.05) is 48.9 Å². The number of carbonyl (C=O) groups is 1. The quantitative estimate of drug-likeness (QED) is 0.600. The van der Waals surface area contributed by atoms with Gasteiger partial charge in [0.25, 0.3) is 0 Å². The number of hydrogen-bond donors (Lipinski definition) is 0. The number of anilines is 1. The lowest BCUT2D eigenvalue weighted by molar-refractivity contribution is -0.123. The van der Waals surface area contributed by atoms with E-state index in [1.54, 1.807) is 0 Å². The molecule has 4 rings (SSSR count). The fourth-order valence-corrected chi connectivity index (χ4v) is 4.99. The van der Waals surface area contributed by atoms with E-state index in [9.17, 15) is 4.79 Å². The number of halogens is 1. The monoisotopic (exact) mass is 413 g/mol. The van der Waals surface area contributed by atoms with Crippen molar-refractivity contribution in [2.24, 2.45) is 10.9 Å². The number of amides is 1. The number of aryl methyl sites for hydroxylation is 1. The normalized spacial score (nSPS) is 22.6. The van der Waals surface area contributed by atoms with E-state index in [0.29, 0.717) is 5.91 Å². The fourth-order valence-electron chi connectivity index (χ4n) is 4.80. The number of rotatable bonds is 1. The number of fused-ring (bicyclic) bond motifs is 1. The molecule has 3 heterocycles. The van der Waals surface area contributed by atoms with Gasteiger partial charge in [-0.1, -0.05) is 24.1 Å². The first-order valence-electron chi connectivity index (χ1n) is 11.3. The van der Waals surface area contributed by atoms with E-state index in [0.717, 1.165) is 75.3 Å². The van der Waals surface area contributed by atoms with Gasteiger partial charge in [0.1, 0.15) is 5.84 Å². The summed E-state index contributed by atoms with van der Waals surface area (Å²) in [5.74, 6) is 1.62. The number of piperidine rings is 1. The minimum Gasteiger partial charge on any atom is -0.360 e. The highest BCUT2D eigenvalue weighted by Gasteiger charge is 2.31. The van der Waals surface area contributed by atoms with Crippen molar-refractivity contribution in [3.63, 3.8) is 0 Å². The maximum atomic E-state index is 13.4. The van der Waals surface area contributed by atoms with Gasteiger partial charge in [-0.2, -0.15) is 0 Å². The second-order valence-electron chi connectivity index (χ2n) is 8.51. The van der Waals surface area contributed by atoms with Gasteiger partial charge in [0.05, 0.1) is 0 Å². The third-order valence-corrected chi connectivity index (χ3v) is 6.72. The summed E-state index contributed by atoms with van der Waals surface area (Å²) in [5.41, 5.74) is 2.29. The van der Waals surface area contributed by atoms with E-state index in [1.807, 2.05) is 29.3 Å². The van der Waals surface area contributed by atoms with E-state index in [2.05, 4.69) is 11.0 Å². The van der Waals surface area contributed by atoms with Crippen LogP contribution in [0.3, 0.4) is 0 Å². The Morgan fingerprint density at radius 1 is 1.00 bits per heavy atom. The second kappa shape index (κ2) is 9.80. The summed E-state index contributed by atoms with van der Waals surface area (Å²) < 4.78 is 0. The molecule has 156 valence electrons. The highest BCUT2D eigenvalue weighted by atomic mass is 35.5. The number of benzene rings is 1. The van der Waals surface area contributed by atoms with Crippen molar-refractivity contribution in [2.45, 2.75) is 64.2 Å². The number of allylic oxidation sites excluding steroid dienone is 1. The van der Waals surface area contributed by atoms with Gasteiger partial charge in [-0.15, -0.1) is 0 Å². The Balaban J connectivity index is 1.41. The maximum Gasteiger partial charge on any atom is 0.230 e. The first-order valence-corrected chi connectivity index (χ1v) is 11.7. The average molecular weight is 414 g/mol. The molecular weight excluding hydrogens is 382 g/mol. The Hall–Kier alpha value is -1.81. The second-order valence-corrected chi connectivity index (χ2v) is 8.95. The minimum atomic E-state index is 0.111. The highest BCUT2D eigenvalue weighted by Crippen LogP contribution is 2.32. The summed E-state index contributed by atoms with van der Waals surface area (Å²) in [6.45, 7) is 2.69. The van der Waals surface area contributed by atoms with E-state index < -0.39 is 0 Å². The number of carbonyl (C=O) groups excluding carboxylic acids is 1. The summed E-state index contributed by atoms with van der Waals surface area (Å²) in [6, 6.07) is 5.99. The Morgan fingerprint density at radius 3 is 2.69 bits per heavy atom. The summed E-state index contributed by atoms with van der Waals surface area (Å²) in [4.78, 5) is 22.6. The Bertz CT molecular complexity index is 780. The van der Waals surface area contributed by atoms with Gasteiger partial charge >= 0.3 is 0 Å². The van der Waals surface area contributed by atoms with Gasteiger partial charge in [-0.25, -0.2) is 4.99 Å². The van der Waals surface area contributed by atoms with E-state index in [1.165, 1.54) is 30.7 Å². The number of likely N-dealkylation sites (tertiary alicyclic amines) is 1. The maximum absolute atomic E-state index is 13.4. The molecular formula is C24H32ClN3O. The molecule has 0 radical (unpaired) electrons. The summed E-state index contributed by atoms with van der Waals surface area (Å²) >= 11 is 6.20. The third kappa shape index (κ3) is 5.03. The molecule has 0 spiro atoms. The standard InChI is InChI=1S/C24H32ClN3O/c25-21-10-11-22-20(18-21)8-5-7-15-28(22)24(29)19-12-16-27(17-13-19)23-9-4-2-1-3-6-14-26-23/h6,10-11,14,18-19H,1-5,7-9,12-13,15-17H2/b14-6+,26-23?. The Labute approximate surface area is 179 Å². The fraction of sp³-hybridized carbons (Fsp3) is 0.583. The topological polar surface area (TPSA) is 35.9 Å². The van der Waals surface area contributed by atoms with Gasteiger partial charge in [-0.05, 0) is 75.1 Å². The minimum absolute atomic E-state index is 0.111. The van der Waals surface area contributed by atoms with Crippen molar-refractivity contribution in [1.29, 1.82) is 0 Å². The number of hydrogen-bond acceptors (Lipinski definition) is 3. The number of amidine groups is 1. The highest BCUT2D eigenvalue weighted by molar-refractivity contribution is 6.30. The van der Waals surface area contributed by atoms with Crippen molar-refractivity contribution in [1.82, 2.24) is 4.90 Å². The molecule has 1 aromatic carbocycles. The summed E-state index contributed by atoms with van der Waals surface area (Å²) in [7, 11) is 0. The van der Waals surface area contributed by atoms with Crippen molar-refractivity contribution in [3.05, 3.63) is 41.1 Å². The van der Waals surface area contributed by atoms with Crippen LogP contribution in [-0.2, 0) is 11.2 Å². The molecule has 0 aromatic heterocycles. The molecule has 5 heteroatoms. The first kappa shape index (κ1) is 20.5. The predicted molar refractivity (Wildman–Crippen MR) is 121 cm³/mol. The lowest BCUT2D eigenvalue weighted by atomic mass is 9.94. The zero-order valence-corrected chi connectivity index (χ0v) is 18.0. The van der Waals surface area contributed by atoms with Crippen molar-refractivity contribution < 1.29 is 4.79 Å². The average Bonchev–Trinajstić information content (AvgIpc) is 2.84. The van der Waals surface area contributed by atoms with Crippen LogP contribution >= 0.6 is 11.6 Å². The van der Waals surface area contributed by atoms with Crippen LogP contribution in [0.4, 0.5) is 5.69 Å². The lowest BCUT2D eigenvalue weighted by Crippen LogP contribution is -2.44. The van der Waals surface area contributed by atoms with Crippen LogP contribution in [0, 0.1) is 5.92 Å². The van der Waals surface area contributed by atoms with Gasteiger partial charge in [-0.3, -0.25) is 4.79 Å². The molecule has 0 saturated carbocycles. The molecule has 0 aliphatic carbocycles. The lowest BCUT2D eigenvalue weighted by Gasteiger charge is -2.36. The smallest absolute Gasteiger partial charge is 0.230 e. The Kier molecular flexibility index (Phi) is 6.91. The van der Waals surface area contributed by atoms with Crippen molar-refractivity contribution in [2.75, 3.05) is 24.5 Å². The largest absolute Gasteiger partial charge is 0.360 e. The molecule has 1 aromatic rings. The van der Waals surface area contributed by atoms with Crippen LogP contribution in [0.25, 0.3) is 0 Å². The van der Waals surface area contributed by atoms with Gasteiger partial charge in [0.15, 0.2) is 0 Å². The van der Waals surface area contributed by atoms with Crippen LogP contribution in [-0.4, -0.2) is 36.3 Å². The molecule has 1 fully saturated rings. The Morgan fingerprint density at radius 2 is 1.83 bits per heavy atom. The van der Waals surface area contributed by atoms with Gasteiger partial charge in [0.2, 0.25) is 5.91 Å². The van der Waals surface area contributed by atoms with Crippen LogP contribution in [0.1, 0.15) is 63.4 Å².